The Kier molecular flexibility index (Phi) is 3.73. The summed E-state index contributed by atoms with van der Waals surface area (Å²) in [5.41, 5.74) is 9.01. The van der Waals surface area contributed by atoms with Gasteiger partial charge in [0.25, 0.3) is 0 Å². The zero-order chi connectivity index (χ0) is 18.5. The lowest BCUT2D eigenvalue weighted by atomic mass is 9.91. The summed E-state index contributed by atoms with van der Waals surface area (Å²) in [5.74, 6) is 0.185. The quantitative estimate of drug-likeness (QED) is 0.349. The van der Waals surface area contributed by atoms with Gasteiger partial charge in [-0.05, 0) is 61.0 Å². The van der Waals surface area contributed by atoms with Crippen LogP contribution < -0.4 is 0 Å². The first-order valence-corrected chi connectivity index (χ1v) is 10.2. The van der Waals surface area contributed by atoms with E-state index < -0.39 is 0 Å². The first-order valence-electron chi connectivity index (χ1n) is 9.33. The van der Waals surface area contributed by atoms with Crippen molar-refractivity contribution in [1.29, 1.82) is 0 Å². The predicted molar refractivity (Wildman–Crippen MR) is 116 cm³/mol. The van der Waals surface area contributed by atoms with Crippen molar-refractivity contribution in [2.24, 2.45) is 0 Å². The van der Waals surface area contributed by atoms with Crippen molar-refractivity contribution < 1.29 is 0 Å². The summed E-state index contributed by atoms with van der Waals surface area (Å²) in [4.78, 5) is 8.87. The zero-order valence-electron chi connectivity index (χ0n) is 15.8. The third-order valence-electron chi connectivity index (χ3n) is 5.75. The molecule has 2 N–H and O–H groups in total. The zero-order valence-corrected chi connectivity index (χ0v) is 16.6. The molecule has 0 amide bonds. The van der Waals surface area contributed by atoms with Crippen molar-refractivity contribution in [3.63, 3.8) is 0 Å². The monoisotopic (exact) mass is 370 g/mol. The highest BCUT2D eigenvalue weighted by atomic mass is 32.1. The SMILES string of the molecule is Cc1ccsc1C(c1[nH]c2ccccc2c1C)c1[nH]c2ccccc2c1C. The summed E-state index contributed by atoms with van der Waals surface area (Å²) in [6.07, 6.45) is 0. The van der Waals surface area contributed by atoms with Crippen molar-refractivity contribution in [1.82, 2.24) is 9.97 Å². The van der Waals surface area contributed by atoms with Gasteiger partial charge in [-0.15, -0.1) is 11.3 Å². The molecule has 0 saturated heterocycles. The van der Waals surface area contributed by atoms with Crippen LogP contribution in [-0.4, -0.2) is 9.97 Å². The Bertz CT molecular complexity index is 1190. The second-order valence-corrected chi connectivity index (χ2v) is 8.27. The highest BCUT2D eigenvalue weighted by Crippen LogP contribution is 2.42. The van der Waals surface area contributed by atoms with Gasteiger partial charge in [0.05, 0.1) is 5.92 Å². The van der Waals surface area contributed by atoms with Gasteiger partial charge in [0, 0.05) is 38.1 Å². The van der Waals surface area contributed by atoms with E-state index in [0.29, 0.717) is 0 Å². The van der Waals surface area contributed by atoms with E-state index in [1.54, 1.807) is 0 Å². The number of nitrogens with one attached hydrogen (secondary N) is 2. The lowest BCUT2D eigenvalue weighted by Crippen LogP contribution is -2.07. The van der Waals surface area contributed by atoms with E-state index >= 15 is 0 Å². The lowest BCUT2D eigenvalue weighted by molar-refractivity contribution is 0.898. The summed E-state index contributed by atoms with van der Waals surface area (Å²) in [5, 5.41) is 4.81. The minimum atomic E-state index is 0.185. The first-order chi connectivity index (χ1) is 13.1. The summed E-state index contributed by atoms with van der Waals surface area (Å²) < 4.78 is 0. The number of hydrogen-bond donors (Lipinski definition) is 2. The molecular formula is C24H22N2S. The van der Waals surface area contributed by atoms with Gasteiger partial charge in [0.2, 0.25) is 0 Å². The fraction of sp³-hybridized carbons (Fsp3) is 0.167. The highest BCUT2D eigenvalue weighted by molar-refractivity contribution is 7.10. The van der Waals surface area contributed by atoms with Crippen molar-refractivity contribution in [2.75, 3.05) is 0 Å². The number of aromatic nitrogens is 2. The van der Waals surface area contributed by atoms with Crippen molar-refractivity contribution in [3.05, 3.63) is 92.9 Å². The van der Waals surface area contributed by atoms with E-state index in [0.717, 1.165) is 0 Å². The van der Waals surface area contributed by atoms with Crippen LogP contribution in [0.15, 0.2) is 60.0 Å². The maximum atomic E-state index is 3.74. The van der Waals surface area contributed by atoms with E-state index in [4.69, 9.17) is 0 Å². The van der Waals surface area contributed by atoms with Gasteiger partial charge >= 0.3 is 0 Å². The Hall–Kier alpha value is -2.78. The minimum Gasteiger partial charge on any atom is -0.357 e. The van der Waals surface area contributed by atoms with Crippen LogP contribution in [0.3, 0.4) is 0 Å². The average Bonchev–Trinajstić information content (AvgIpc) is 3.35. The van der Waals surface area contributed by atoms with Crippen LogP contribution in [0.1, 0.15) is 38.9 Å². The summed E-state index contributed by atoms with van der Waals surface area (Å²) >= 11 is 1.84. The van der Waals surface area contributed by atoms with Gasteiger partial charge in [0.15, 0.2) is 0 Å². The van der Waals surface area contributed by atoms with E-state index in [9.17, 15) is 0 Å². The number of benzene rings is 2. The molecule has 0 saturated carbocycles. The number of aryl methyl sites for hydroxylation is 3. The van der Waals surface area contributed by atoms with Gasteiger partial charge in [-0.2, -0.15) is 0 Å². The van der Waals surface area contributed by atoms with E-state index in [2.05, 4.69) is 90.7 Å². The third-order valence-corrected chi connectivity index (χ3v) is 6.83. The average molecular weight is 371 g/mol. The molecule has 134 valence electrons. The molecule has 0 fully saturated rings. The van der Waals surface area contributed by atoms with Crippen molar-refractivity contribution in [3.8, 4) is 0 Å². The fourth-order valence-electron chi connectivity index (χ4n) is 4.27. The molecule has 2 nitrogen and oxygen atoms in total. The van der Waals surface area contributed by atoms with Gasteiger partial charge in [0.1, 0.15) is 0 Å². The molecule has 5 rings (SSSR count). The number of fused-ring (bicyclic) bond motifs is 2. The molecule has 5 aromatic rings. The van der Waals surface area contributed by atoms with Crippen LogP contribution >= 0.6 is 11.3 Å². The molecule has 0 radical (unpaired) electrons. The lowest BCUT2D eigenvalue weighted by Gasteiger charge is -2.17. The van der Waals surface area contributed by atoms with Gasteiger partial charge in [-0.3, -0.25) is 0 Å². The van der Waals surface area contributed by atoms with Gasteiger partial charge < -0.3 is 9.97 Å². The summed E-state index contributed by atoms with van der Waals surface area (Å²) in [6.45, 7) is 6.69. The Labute approximate surface area is 162 Å². The fourth-order valence-corrected chi connectivity index (χ4v) is 5.31. The third kappa shape index (κ3) is 2.46. The molecular weight excluding hydrogens is 348 g/mol. The first kappa shape index (κ1) is 16.4. The molecule has 3 heteroatoms. The second kappa shape index (κ2) is 6.14. The standard InChI is InChI=1S/C24H22N2S/c1-14-12-13-27-24(14)21(22-15(2)17-8-4-6-10-19(17)25-22)23-16(3)18-9-5-7-11-20(18)26-23/h4-13,21,25-26H,1-3H3. The van der Waals surface area contributed by atoms with Crippen LogP contribution in [0.25, 0.3) is 21.8 Å². The number of para-hydroxylation sites is 2. The molecule has 0 atom stereocenters. The largest absolute Gasteiger partial charge is 0.357 e. The normalized spacial score (nSPS) is 11.9. The van der Waals surface area contributed by atoms with E-state index in [1.165, 1.54) is 54.8 Å². The number of thiophene rings is 1. The molecule has 0 spiro atoms. The number of H-pyrrole nitrogens is 2. The van der Waals surface area contributed by atoms with Crippen LogP contribution in [0.4, 0.5) is 0 Å². The Balaban J connectivity index is 1.83. The molecule has 2 aromatic carbocycles. The molecule has 27 heavy (non-hydrogen) atoms. The van der Waals surface area contributed by atoms with Gasteiger partial charge in [-0.1, -0.05) is 36.4 Å². The van der Waals surface area contributed by atoms with E-state index in [1.807, 2.05) is 11.3 Å². The maximum absolute atomic E-state index is 3.74. The van der Waals surface area contributed by atoms with Crippen LogP contribution in [0.5, 0.6) is 0 Å². The van der Waals surface area contributed by atoms with E-state index in [-0.39, 0.29) is 5.92 Å². The predicted octanol–water partition coefficient (Wildman–Crippen LogP) is 6.82. The molecule has 0 bridgehead atoms. The second-order valence-electron chi connectivity index (χ2n) is 7.32. The number of aromatic amines is 2. The highest BCUT2D eigenvalue weighted by Gasteiger charge is 2.27. The Morgan fingerprint density at radius 2 is 1.22 bits per heavy atom. The summed E-state index contributed by atoms with van der Waals surface area (Å²) in [7, 11) is 0. The number of hydrogen-bond acceptors (Lipinski definition) is 1. The number of rotatable bonds is 3. The van der Waals surface area contributed by atoms with Crippen molar-refractivity contribution in [2.45, 2.75) is 26.7 Å². The molecule has 0 aliphatic heterocycles. The molecule has 0 unspecified atom stereocenters. The Morgan fingerprint density at radius 1 is 0.704 bits per heavy atom. The van der Waals surface area contributed by atoms with Crippen LogP contribution in [-0.2, 0) is 0 Å². The minimum absolute atomic E-state index is 0.185. The van der Waals surface area contributed by atoms with Gasteiger partial charge in [-0.25, -0.2) is 0 Å². The smallest absolute Gasteiger partial charge is 0.0743 e. The Morgan fingerprint density at radius 3 is 1.67 bits per heavy atom. The molecule has 0 aliphatic carbocycles. The topological polar surface area (TPSA) is 31.6 Å². The van der Waals surface area contributed by atoms with Crippen LogP contribution in [0.2, 0.25) is 0 Å². The molecule has 3 aromatic heterocycles. The molecule has 3 heterocycles. The molecule has 0 aliphatic rings. The summed E-state index contributed by atoms with van der Waals surface area (Å²) in [6, 6.07) is 19.4. The maximum Gasteiger partial charge on any atom is 0.0743 e. The van der Waals surface area contributed by atoms with Crippen molar-refractivity contribution >= 4 is 33.1 Å². The van der Waals surface area contributed by atoms with Crippen LogP contribution in [0, 0.1) is 20.8 Å².